The Kier molecular flexibility index (Phi) is 3.13. The summed E-state index contributed by atoms with van der Waals surface area (Å²) in [5, 5.41) is 0.0677. The molecule has 0 spiro atoms. The minimum Gasteiger partial charge on any atom is -0.383 e. The lowest BCUT2D eigenvalue weighted by Crippen LogP contribution is -2.03. The van der Waals surface area contributed by atoms with Gasteiger partial charge in [0, 0.05) is 17.1 Å². The van der Waals surface area contributed by atoms with Crippen LogP contribution in [-0.4, -0.2) is 4.98 Å². The minimum absolute atomic E-state index is 0.0298. The van der Waals surface area contributed by atoms with E-state index in [2.05, 4.69) is 20.9 Å². The van der Waals surface area contributed by atoms with Crippen LogP contribution >= 0.6 is 15.9 Å². The summed E-state index contributed by atoms with van der Waals surface area (Å²) >= 11 is 2.94. The largest absolute Gasteiger partial charge is 0.383 e. The van der Waals surface area contributed by atoms with E-state index in [1.807, 2.05) is 0 Å². The van der Waals surface area contributed by atoms with Gasteiger partial charge in [-0.1, -0.05) is 15.9 Å². The average Bonchev–Trinajstić information content (AvgIpc) is 2.04. The van der Waals surface area contributed by atoms with Crippen LogP contribution in [0.3, 0.4) is 0 Å². The van der Waals surface area contributed by atoms with Crippen molar-refractivity contribution in [1.82, 2.24) is 4.98 Å². The lowest BCUT2D eigenvalue weighted by molar-refractivity contribution is 0.145. The first-order chi connectivity index (χ1) is 6.07. The Hall–Kier alpha value is -0.780. The molecule has 2 N–H and O–H groups in total. The monoisotopic (exact) mass is 254 g/mol. The van der Waals surface area contributed by atoms with Gasteiger partial charge < -0.3 is 5.73 Å². The summed E-state index contributed by atoms with van der Waals surface area (Å²) in [7, 11) is 0. The molecule has 0 unspecified atom stereocenters. The summed E-state index contributed by atoms with van der Waals surface area (Å²) in [4.78, 5) is 3.46. The van der Waals surface area contributed by atoms with Crippen molar-refractivity contribution in [1.29, 1.82) is 0 Å². The van der Waals surface area contributed by atoms with E-state index in [-0.39, 0.29) is 16.7 Å². The fraction of sp³-hybridized carbons (Fsp3) is 0.286. The molecule has 6 heteroatoms. The topological polar surface area (TPSA) is 38.9 Å². The predicted octanol–water partition coefficient (Wildman–Crippen LogP) is 2.64. The van der Waals surface area contributed by atoms with Crippen molar-refractivity contribution in [3.8, 4) is 0 Å². The first-order valence-corrected chi connectivity index (χ1v) is 4.47. The van der Waals surface area contributed by atoms with Crippen molar-refractivity contribution in [3.05, 3.63) is 23.1 Å². The van der Waals surface area contributed by atoms with Gasteiger partial charge in [0.2, 0.25) is 0 Å². The zero-order valence-electron chi connectivity index (χ0n) is 6.40. The normalized spacial score (nSPS) is 10.8. The van der Waals surface area contributed by atoms with Crippen molar-refractivity contribution < 1.29 is 13.2 Å². The van der Waals surface area contributed by atoms with Crippen LogP contribution in [0.1, 0.15) is 17.6 Å². The summed E-state index contributed by atoms with van der Waals surface area (Å²) in [5.41, 5.74) is 4.53. The Morgan fingerprint density at radius 1 is 1.54 bits per heavy atom. The highest BCUT2D eigenvalue weighted by atomic mass is 79.9. The summed E-state index contributed by atoms with van der Waals surface area (Å²) in [5.74, 6) is -1.06. The molecular formula is C7H6BrF3N2. The summed E-state index contributed by atoms with van der Waals surface area (Å²) in [6.07, 6.45) is -2.12. The number of nitrogens with zero attached hydrogens (tertiary/aromatic N) is 1. The third-order valence-corrected chi connectivity index (χ3v) is 2.10. The zero-order chi connectivity index (χ0) is 10.0. The first-order valence-electron chi connectivity index (χ1n) is 3.34. The second-order valence-corrected chi connectivity index (χ2v) is 2.89. The first kappa shape index (κ1) is 10.3. The number of anilines is 1. The standard InChI is InChI=1S/C7H6BrF3N2/c8-1-3-5(9)4(6(10)11)2-13-7(3)12/h2,6H,1H2,(H2,12,13). The van der Waals surface area contributed by atoms with Gasteiger partial charge in [0.15, 0.2) is 0 Å². The molecule has 0 fully saturated rings. The Morgan fingerprint density at radius 3 is 2.62 bits per heavy atom. The number of hydrogen-bond acceptors (Lipinski definition) is 2. The van der Waals surface area contributed by atoms with Crippen LogP contribution in [0.25, 0.3) is 0 Å². The molecule has 0 saturated heterocycles. The van der Waals surface area contributed by atoms with E-state index in [1.165, 1.54) is 0 Å². The third kappa shape index (κ3) is 1.93. The molecule has 0 aromatic carbocycles. The fourth-order valence-corrected chi connectivity index (χ4v) is 1.37. The maximum absolute atomic E-state index is 13.2. The van der Waals surface area contributed by atoms with E-state index >= 15 is 0 Å². The van der Waals surface area contributed by atoms with E-state index in [1.54, 1.807) is 0 Å². The lowest BCUT2D eigenvalue weighted by atomic mass is 10.2. The molecule has 0 bridgehead atoms. The van der Waals surface area contributed by atoms with Gasteiger partial charge in [-0.25, -0.2) is 18.2 Å². The smallest absolute Gasteiger partial charge is 0.268 e. The Balaban J connectivity index is 3.27. The molecule has 1 heterocycles. The zero-order valence-corrected chi connectivity index (χ0v) is 7.98. The molecule has 13 heavy (non-hydrogen) atoms. The molecular weight excluding hydrogens is 249 g/mol. The number of nitrogen functional groups attached to an aromatic ring is 1. The quantitative estimate of drug-likeness (QED) is 0.825. The molecule has 72 valence electrons. The number of alkyl halides is 3. The summed E-state index contributed by atoms with van der Waals surface area (Å²) in [6.45, 7) is 0. The molecule has 1 aromatic heterocycles. The van der Waals surface area contributed by atoms with Crippen LogP contribution in [0.4, 0.5) is 19.0 Å². The van der Waals surface area contributed by atoms with Crippen LogP contribution in [0.2, 0.25) is 0 Å². The van der Waals surface area contributed by atoms with Crippen LogP contribution < -0.4 is 5.73 Å². The van der Waals surface area contributed by atoms with Gasteiger partial charge in [0.25, 0.3) is 6.43 Å². The molecule has 0 saturated carbocycles. The van der Waals surface area contributed by atoms with Crippen molar-refractivity contribution in [2.45, 2.75) is 11.8 Å². The van der Waals surface area contributed by atoms with E-state index in [4.69, 9.17) is 5.73 Å². The van der Waals surface area contributed by atoms with E-state index in [0.717, 1.165) is 6.20 Å². The lowest BCUT2D eigenvalue weighted by Gasteiger charge is -2.06. The van der Waals surface area contributed by atoms with E-state index < -0.39 is 17.8 Å². The van der Waals surface area contributed by atoms with E-state index in [9.17, 15) is 13.2 Å². The van der Waals surface area contributed by atoms with Gasteiger partial charge in [0.05, 0.1) is 5.56 Å². The van der Waals surface area contributed by atoms with Gasteiger partial charge >= 0.3 is 0 Å². The number of hydrogen-bond donors (Lipinski definition) is 1. The predicted molar refractivity (Wildman–Crippen MR) is 46.2 cm³/mol. The van der Waals surface area contributed by atoms with Crippen LogP contribution in [0.5, 0.6) is 0 Å². The van der Waals surface area contributed by atoms with Gasteiger partial charge in [-0.2, -0.15) is 0 Å². The molecule has 0 atom stereocenters. The third-order valence-electron chi connectivity index (χ3n) is 1.54. The fourth-order valence-electron chi connectivity index (χ4n) is 0.840. The number of halogens is 4. The minimum atomic E-state index is -2.87. The molecule has 0 amide bonds. The second kappa shape index (κ2) is 3.95. The SMILES string of the molecule is Nc1ncc(C(F)F)c(F)c1CBr. The number of aromatic nitrogens is 1. The number of nitrogens with two attached hydrogens (primary N) is 1. The van der Waals surface area contributed by atoms with Gasteiger partial charge in [0.1, 0.15) is 11.6 Å². The van der Waals surface area contributed by atoms with Crippen molar-refractivity contribution >= 4 is 21.7 Å². The molecule has 1 aromatic rings. The number of rotatable bonds is 2. The van der Waals surface area contributed by atoms with Crippen LogP contribution in [0, 0.1) is 5.82 Å². The van der Waals surface area contributed by atoms with Crippen molar-refractivity contribution in [2.75, 3.05) is 5.73 Å². The molecule has 0 aliphatic heterocycles. The van der Waals surface area contributed by atoms with Crippen LogP contribution in [-0.2, 0) is 5.33 Å². The molecule has 0 radical (unpaired) electrons. The molecule has 2 nitrogen and oxygen atoms in total. The Labute approximate surface area is 81.1 Å². The summed E-state index contributed by atoms with van der Waals surface area (Å²) in [6, 6.07) is 0. The highest BCUT2D eigenvalue weighted by Crippen LogP contribution is 2.26. The second-order valence-electron chi connectivity index (χ2n) is 2.33. The van der Waals surface area contributed by atoms with Crippen molar-refractivity contribution in [2.24, 2.45) is 0 Å². The average molecular weight is 255 g/mol. The van der Waals surface area contributed by atoms with Gasteiger partial charge in [-0.3, -0.25) is 0 Å². The Morgan fingerprint density at radius 2 is 2.15 bits per heavy atom. The highest BCUT2D eigenvalue weighted by molar-refractivity contribution is 9.08. The van der Waals surface area contributed by atoms with Gasteiger partial charge in [-0.15, -0.1) is 0 Å². The van der Waals surface area contributed by atoms with Gasteiger partial charge in [-0.05, 0) is 0 Å². The summed E-state index contributed by atoms with van der Waals surface area (Å²) < 4.78 is 37.4. The maximum atomic E-state index is 13.2. The van der Waals surface area contributed by atoms with Crippen LogP contribution in [0.15, 0.2) is 6.20 Å². The molecule has 0 aliphatic rings. The van der Waals surface area contributed by atoms with Crippen molar-refractivity contribution in [3.63, 3.8) is 0 Å². The molecule has 0 aliphatic carbocycles. The van der Waals surface area contributed by atoms with E-state index in [0.29, 0.717) is 0 Å². The number of pyridine rings is 1. The molecule has 1 rings (SSSR count). The maximum Gasteiger partial charge on any atom is 0.268 e. The Bertz CT molecular complexity index is 317. The highest BCUT2D eigenvalue weighted by Gasteiger charge is 2.18.